The van der Waals surface area contributed by atoms with Crippen LogP contribution < -0.4 is 10.0 Å². The first kappa shape index (κ1) is 14.5. The molecule has 1 amide bonds. The lowest BCUT2D eigenvalue weighted by Crippen LogP contribution is -2.27. The van der Waals surface area contributed by atoms with Crippen molar-refractivity contribution in [3.05, 3.63) is 29.8 Å². The van der Waals surface area contributed by atoms with Gasteiger partial charge < -0.3 is 5.32 Å². The fourth-order valence-corrected chi connectivity index (χ4v) is 1.91. The van der Waals surface area contributed by atoms with Gasteiger partial charge in [-0.3, -0.25) is 9.52 Å². The van der Waals surface area contributed by atoms with E-state index in [9.17, 15) is 13.2 Å². The number of hydrogen-bond acceptors (Lipinski definition) is 3. The summed E-state index contributed by atoms with van der Waals surface area (Å²) in [4.78, 5) is 11.4. The number of benzene rings is 1. The standard InChI is InChI=1S/C12H18N2O3S/c1-9(2)12(15)13-8-10-5-4-6-11(7-10)14-18(3,16)17/h4-7,9,14H,8H2,1-3H3,(H,13,15). The number of carbonyl (C=O) groups is 1. The lowest BCUT2D eigenvalue weighted by Gasteiger charge is -2.09. The van der Waals surface area contributed by atoms with E-state index in [2.05, 4.69) is 10.0 Å². The number of anilines is 1. The smallest absolute Gasteiger partial charge is 0.229 e. The first-order chi connectivity index (χ1) is 8.28. The lowest BCUT2D eigenvalue weighted by molar-refractivity contribution is -0.124. The van der Waals surface area contributed by atoms with Crippen molar-refractivity contribution in [2.45, 2.75) is 20.4 Å². The van der Waals surface area contributed by atoms with Crippen LogP contribution in [0.2, 0.25) is 0 Å². The summed E-state index contributed by atoms with van der Waals surface area (Å²) in [5.74, 6) is -0.0983. The molecule has 0 saturated carbocycles. The topological polar surface area (TPSA) is 75.3 Å². The summed E-state index contributed by atoms with van der Waals surface area (Å²) in [6.45, 7) is 4.02. The van der Waals surface area contributed by atoms with Crippen LogP contribution in [-0.4, -0.2) is 20.6 Å². The van der Waals surface area contributed by atoms with Gasteiger partial charge in [-0.2, -0.15) is 0 Å². The van der Waals surface area contributed by atoms with E-state index >= 15 is 0 Å². The molecule has 0 aliphatic rings. The highest BCUT2D eigenvalue weighted by molar-refractivity contribution is 7.92. The van der Waals surface area contributed by atoms with Gasteiger partial charge in [-0.05, 0) is 17.7 Å². The minimum Gasteiger partial charge on any atom is -0.352 e. The quantitative estimate of drug-likeness (QED) is 0.847. The Balaban J connectivity index is 2.68. The van der Waals surface area contributed by atoms with Crippen LogP contribution in [0.3, 0.4) is 0 Å². The van der Waals surface area contributed by atoms with E-state index in [1.807, 2.05) is 19.9 Å². The Morgan fingerprint density at radius 1 is 1.33 bits per heavy atom. The molecule has 0 aliphatic carbocycles. The highest BCUT2D eigenvalue weighted by atomic mass is 32.2. The van der Waals surface area contributed by atoms with Crippen molar-refractivity contribution in [2.24, 2.45) is 5.92 Å². The third-order valence-electron chi connectivity index (χ3n) is 2.22. The zero-order chi connectivity index (χ0) is 13.8. The van der Waals surface area contributed by atoms with Crippen LogP contribution in [0.5, 0.6) is 0 Å². The molecule has 0 bridgehead atoms. The van der Waals surface area contributed by atoms with E-state index in [0.29, 0.717) is 12.2 Å². The van der Waals surface area contributed by atoms with Crippen LogP contribution in [0.4, 0.5) is 5.69 Å². The summed E-state index contributed by atoms with van der Waals surface area (Å²) >= 11 is 0. The predicted molar refractivity (Wildman–Crippen MR) is 71.6 cm³/mol. The van der Waals surface area contributed by atoms with Gasteiger partial charge in [-0.25, -0.2) is 8.42 Å². The SMILES string of the molecule is CC(C)C(=O)NCc1cccc(NS(C)(=O)=O)c1. The van der Waals surface area contributed by atoms with Gasteiger partial charge in [0, 0.05) is 18.2 Å². The highest BCUT2D eigenvalue weighted by Crippen LogP contribution is 2.11. The maximum atomic E-state index is 11.4. The Kier molecular flexibility index (Phi) is 4.72. The van der Waals surface area contributed by atoms with Gasteiger partial charge in [0.05, 0.1) is 6.26 Å². The first-order valence-electron chi connectivity index (χ1n) is 5.62. The Morgan fingerprint density at radius 3 is 2.56 bits per heavy atom. The van der Waals surface area contributed by atoms with Crippen LogP contribution >= 0.6 is 0 Å². The van der Waals surface area contributed by atoms with E-state index in [0.717, 1.165) is 11.8 Å². The minimum atomic E-state index is -3.28. The Hall–Kier alpha value is -1.56. The first-order valence-corrected chi connectivity index (χ1v) is 7.51. The van der Waals surface area contributed by atoms with Crippen molar-refractivity contribution < 1.29 is 13.2 Å². The number of nitrogens with one attached hydrogen (secondary N) is 2. The van der Waals surface area contributed by atoms with Crippen LogP contribution in [-0.2, 0) is 21.4 Å². The van der Waals surface area contributed by atoms with Crippen molar-refractivity contribution in [1.29, 1.82) is 0 Å². The molecule has 0 aromatic heterocycles. The average Bonchev–Trinajstić information content (AvgIpc) is 2.23. The molecular weight excluding hydrogens is 252 g/mol. The number of carbonyl (C=O) groups excluding carboxylic acids is 1. The van der Waals surface area contributed by atoms with E-state index in [4.69, 9.17) is 0 Å². The second kappa shape index (κ2) is 5.86. The Bertz CT molecular complexity index is 524. The van der Waals surface area contributed by atoms with E-state index in [1.54, 1.807) is 18.2 Å². The molecule has 0 atom stereocenters. The minimum absolute atomic E-state index is 0.0310. The molecule has 18 heavy (non-hydrogen) atoms. The van der Waals surface area contributed by atoms with Crippen LogP contribution in [0.25, 0.3) is 0 Å². The summed E-state index contributed by atoms with van der Waals surface area (Å²) in [7, 11) is -3.28. The Labute approximate surface area is 108 Å². The second-order valence-corrected chi connectivity index (χ2v) is 6.20. The van der Waals surface area contributed by atoms with Crippen molar-refractivity contribution in [3.63, 3.8) is 0 Å². The summed E-state index contributed by atoms with van der Waals surface area (Å²) < 4.78 is 24.6. The molecule has 1 rings (SSSR count). The molecular formula is C12H18N2O3S. The van der Waals surface area contributed by atoms with Crippen molar-refractivity contribution in [2.75, 3.05) is 11.0 Å². The molecule has 1 aromatic rings. The molecule has 0 saturated heterocycles. The zero-order valence-electron chi connectivity index (χ0n) is 10.7. The Morgan fingerprint density at radius 2 is 2.00 bits per heavy atom. The largest absolute Gasteiger partial charge is 0.352 e. The van der Waals surface area contributed by atoms with Crippen molar-refractivity contribution >= 4 is 21.6 Å². The number of amides is 1. The second-order valence-electron chi connectivity index (χ2n) is 4.45. The highest BCUT2D eigenvalue weighted by Gasteiger charge is 2.06. The third-order valence-corrected chi connectivity index (χ3v) is 2.83. The van der Waals surface area contributed by atoms with Gasteiger partial charge in [0.1, 0.15) is 0 Å². The van der Waals surface area contributed by atoms with Crippen molar-refractivity contribution in [1.82, 2.24) is 5.32 Å². The summed E-state index contributed by atoms with van der Waals surface area (Å²) in [5.41, 5.74) is 1.34. The van der Waals surface area contributed by atoms with Crippen LogP contribution in [0, 0.1) is 5.92 Å². The van der Waals surface area contributed by atoms with Gasteiger partial charge in [0.2, 0.25) is 15.9 Å². The molecule has 6 heteroatoms. The maximum absolute atomic E-state index is 11.4. The molecule has 2 N–H and O–H groups in total. The number of sulfonamides is 1. The van der Waals surface area contributed by atoms with E-state index in [-0.39, 0.29) is 11.8 Å². The molecule has 0 spiro atoms. The number of hydrogen-bond donors (Lipinski definition) is 2. The zero-order valence-corrected chi connectivity index (χ0v) is 11.5. The summed E-state index contributed by atoms with van der Waals surface area (Å²) in [6.07, 6.45) is 1.10. The summed E-state index contributed by atoms with van der Waals surface area (Å²) in [6, 6.07) is 6.93. The number of rotatable bonds is 5. The van der Waals surface area contributed by atoms with Crippen molar-refractivity contribution in [3.8, 4) is 0 Å². The predicted octanol–water partition coefficient (Wildman–Crippen LogP) is 1.33. The monoisotopic (exact) mass is 270 g/mol. The molecule has 5 nitrogen and oxygen atoms in total. The molecule has 100 valence electrons. The van der Waals surface area contributed by atoms with Gasteiger partial charge in [0.25, 0.3) is 0 Å². The normalized spacial score (nSPS) is 11.3. The molecule has 0 radical (unpaired) electrons. The lowest BCUT2D eigenvalue weighted by atomic mass is 10.1. The molecule has 0 aliphatic heterocycles. The molecule has 0 heterocycles. The third kappa shape index (κ3) is 5.18. The van der Waals surface area contributed by atoms with Crippen LogP contribution in [0.1, 0.15) is 19.4 Å². The molecule has 1 aromatic carbocycles. The summed E-state index contributed by atoms with van der Waals surface area (Å²) in [5, 5.41) is 2.77. The maximum Gasteiger partial charge on any atom is 0.229 e. The van der Waals surface area contributed by atoms with Crippen LogP contribution in [0.15, 0.2) is 24.3 Å². The fourth-order valence-electron chi connectivity index (χ4n) is 1.35. The molecule has 0 fully saturated rings. The average molecular weight is 270 g/mol. The van der Waals surface area contributed by atoms with Gasteiger partial charge in [-0.1, -0.05) is 26.0 Å². The van der Waals surface area contributed by atoms with E-state index < -0.39 is 10.0 Å². The van der Waals surface area contributed by atoms with Gasteiger partial charge in [-0.15, -0.1) is 0 Å². The fraction of sp³-hybridized carbons (Fsp3) is 0.417. The van der Waals surface area contributed by atoms with Gasteiger partial charge in [0.15, 0.2) is 0 Å². The van der Waals surface area contributed by atoms with Gasteiger partial charge >= 0.3 is 0 Å². The van der Waals surface area contributed by atoms with E-state index in [1.165, 1.54) is 0 Å². The molecule has 0 unspecified atom stereocenters.